The first-order valence-corrected chi connectivity index (χ1v) is 8.24. The molecular weight excluding hydrogens is 326 g/mol. The number of ether oxygens (including phenoxy) is 3. The van der Waals surface area contributed by atoms with Crippen LogP contribution in [0.3, 0.4) is 0 Å². The minimum absolute atomic E-state index is 0.00682. The molecule has 0 heterocycles. The van der Waals surface area contributed by atoms with E-state index in [0.717, 1.165) is 25.7 Å². The van der Waals surface area contributed by atoms with Crippen LogP contribution in [0, 0.1) is 10.1 Å². The van der Waals surface area contributed by atoms with Crippen LogP contribution in [0.15, 0.2) is 30.9 Å². The second-order valence-electron chi connectivity index (χ2n) is 5.44. The molecule has 0 amide bonds. The summed E-state index contributed by atoms with van der Waals surface area (Å²) in [6.07, 6.45) is 5.55. The van der Waals surface area contributed by atoms with Crippen molar-refractivity contribution in [3.8, 4) is 5.75 Å². The molecule has 0 unspecified atom stereocenters. The van der Waals surface area contributed by atoms with Gasteiger partial charge in [-0.25, -0.2) is 0 Å². The van der Waals surface area contributed by atoms with E-state index in [1.54, 1.807) is 12.1 Å². The highest BCUT2D eigenvalue weighted by Crippen LogP contribution is 2.25. The molecule has 1 aromatic rings. The molecule has 25 heavy (non-hydrogen) atoms. The number of esters is 1. The fraction of sp³-hybridized carbons (Fsp3) is 0.500. The third-order valence-corrected chi connectivity index (χ3v) is 3.51. The summed E-state index contributed by atoms with van der Waals surface area (Å²) in [5, 5.41) is 10.9. The van der Waals surface area contributed by atoms with E-state index in [1.807, 2.05) is 0 Å². The first-order valence-electron chi connectivity index (χ1n) is 8.24. The number of hydrogen-bond donors (Lipinski definition) is 0. The van der Waals surface area contributed by atoms with Gasteiger partial charge in [0.2, 0.25) is 0 Å². The SMILES string of the molecule is C=CCOCc1cc([N+](=O)[O-])ccc1OCCCCCCC(=O)OC. The normalized spacial score (nSPS) is 10.3. The predicted molar refractivity (Wildman–Crippen MR) is 93.5 cm³/mol. The van der Waals surface area contributed by atoms with Crippen LogP contribution in [-0.4, -0.2) is 31.2 Å². The monoisotopic (exact) mass is 351 g/mol. The van der Waals surface area contributed by atoms with Crippen molar-refractivity contribution in [2.45, 2.75) is 38.7 Å². The average Bonchev–Trinajstić information content (AvgIpc) is 2.61. The Labute approximate surface area is 147 Å². The van der Waals surface area contributed by atoms with Crippen LogP contribution in [-0.2, 0) is 20.9 Å². The first kappa shape index (κ1) is 20.6. The Morgan fingerprint density at radius 3 is 2.72 bits per heavy atom. The van der Waals surface area contributed by atoms with Gasteiger partial charge in [0.15, 0.2) is 0 Å². The molecule has 138 valence electrons. The standard InChI is InChI=1S/C18H25NO6/c1-3-11-24-14-15-13-16(19(21)22)9-10-17(15)25-12-7-5-4-6-8-18(20)23-2/h3,9-10,13H,1,4-8,11-12,14H2,2H3. The van der Waals surface area contributed by atoms with Crippen molar-refractivity contribution in [3.05, 3.63) is 46.5 Å². The number of carbonyl (C=O) groups excluding carboxylic acids is 1. The lowest BCUT2D eigenvalue weighted by Crippen LogP contribution is -2.03. The molecule has 7 nitrogen and oxygen atoms in total. The third-order valence-electron chi connectivity index (χ3n) is 3.51. The lowest BCUT2D eigenvalue weighted by molar-refractivity contribution is -0.385. The number of hydrogen-bond acceptors (Lipinski definition) is 6. The number of methoxy groups -OCH3 is 1. The third kappa shape index (κ3) is 8.30. The fourth-order valence-corrected chi connectivity index (χ4v) is 2.19. The fourth-order valence-electron chi connectivity index (χ4n) is 2.19. The zero-order valence-corrected chi connectivity index (χ0v) is 14.6. The average molecular weight is 351 g/mol. The van der Waals surface area contributed by atoms with Gasteiger partial charge in [0.1, 0.15) is 5.75 Å². The van der Waals surface area contributed by atoms with E-state index in [0.29, 0.717) is 30.9 Å². The van der Waals surface area contributed by atoms with E-state index >= 15 is 0 Å². The highest BCUT2D eigenvalue weighted by atomic mass is 16.6. The maximum Gasteiger partial charge on any atom is 0.305 e. The van der Waals surface area contributed by atoms with Gasteiger partial charge in [-0.15, -0.1) is 6.58 Å². The van der Waals surface area contributed by atoms with Crippen LogP contribution in [0.4, 0.5) is 5.69 Å². The zero-order valence-electron chi connectivity index (χ0n) is 14.6. The van der Waals surface area contributed by atoms with E-state index in [9.17, 15) is 14.9 Å². The molecule has 0 aromatic heterocycles. The molecule has 0 saturated heterocycles. The van der Waals surface area contributed by atoms with Crippen molar-refractivity contribution in [3.63, 3.8) is 0 Å². The summed E-state index contributed by atoms with van der Waals surface area (Å²) in [7, 11) is 1.39. The van der Waals surface area contributed by atoms with E-state index in [-0.39, 0.29) is 18.3 Å². The van der Waals surface area contributed by atoms with Crippen LogP contribution in [0.5, 0.6) is 5.75 Å². The predicted octanol–water partition coefficient (Wildman–Crippen LogP) is 3.80. The number of benzene rings is 1. The number of rotatable bonds is 13. The summed E-state index contributed by atoms with van der Waals surface area (Å²) in [4.78, 5) is 21.5. The number of non-ortho nitro benzene ring substituents is 1. The summed E-state index contributed by atoms with van der Waals surface area (Å²) >= 11 is 0. The Morgan fingerprint density at radius 2 is 2.04 bits per heavy atom. The molecule has 0 aliphatic carbocycles. The lowest BCUT2D eigenvalue weighted by Gasteiger charge is -2.11. The summed E-state index contributed by atoms with van der Waals surface area (Å²) < 4.78 is 15.7. The maximum absolute atomic E-state index is 11.0. The van der Waals surface area contributed by atoms with Crippen LogP contribution >= 0.6 is 0 Å². The quantitative estimate of drug-likeness (QED) is 0.177. The highest BCUT2D eigenvalue weighted by molar-refractivity contribution is 5.68. The summed E-state index contributed by atoms with van der Waals surface area (Å²) in [6.45, 7) is 4.66. The summed E-state index contributed by atoms with van der Waals surface area (Å²) in [5.74, 6) is 0.399. The minimum atomic E-state index is -0.442. The second kappa shape index (κ2) is 12.0. The number of unbranched alkanes of at least 4 members (excludes halogenated alkanes) is 3. The van der Waals surface area contributed by atoms with Crippen molar-refractivity contribution >= 4 is 11.7 Å². The molecule has 0 atom stereocenters. The molecule has 0 radical (unpaired) electrons. The molecule has 7 heteroatoms. The Hall–Kier alpha value is -2.41. The molecule has 0 N–H and O–H groups in total. The number of carbonyl (C=O) groups is 1. The smallest absolute Gasteiger partial charge is 0.305 e. The maximum atomic E-state index is 11.0. The highest BCUT2D eigenvalue weighted by Gasteiger charge is 2.12. The van der Waals surface area contributed by atoms with Gasteiger partial charge in [-0.05, 0) is 18.9 Å². The largest absolute Gasteiger partial charge is 0.493 e. The van der Waals surface area contributed by atoms with Gasteiger partial charge in [-0.2, -0.15) is 0 Å². The molecule has 0 aliphatic heterocycles. The Morgan fingerprint density at radius 1 is 1.28 bits per heavy atom. The molecule has 0 bridgehead atoms. The summed E-state index contributed by atoms with van der Waals surface area (Å²) in [5.41, 5.74) is 0.647. The molecule has 0 spiro atoms. The van der Waals surface area contributed by atoms with Crippen LogP contribution < -0.4 is 4.74 Å². The van der Waals surface area contributed by atoms with E-state index < -0.39 is 4.92 Å². The second-order valence-corrected chi connectivity index (χ2v) is 5.44. The van der Waals surface area contributed by atoms with Crippen LogP contribution in [0.25, 0.3) is 0 Å². The van der Waals surface area contributed by atoms with E-state index in [1.165, 1.54) is 19.2 Å². The molecular formula is C18H25NO6. The molecule has 0 aliphatic rings. The molecule has 0 fully saturated rings. The van der Waals surface area contributed by atoms with Gasteiger partial charge in [0.25, 0.3) is 5.69 Å². The molecule has 0 saturated carbocycles. The van der Waals surface area contributed by atoms with Crippen molar-refractivity contribution in [2.24, 2.45) is 0 Å². The van der Waals surface area contributed by atoms with E-state index in [4.69, 9.17) is 9.47 Å². The van der Waals surface area contributed by atoms with Gasteiger partial charge in [0.05, 0.1) is 31.9 Å². The Bertz CT molecular complexity index is 573. The first-order chi connectivity index (χ1) is 12.1. The Kier molecular flexibility index (Phi) is 9.92. The van der Waals surface area contributed by atoms with Crippen molar-refractivity contribution in [1.29, 1.82) is 0 Å². The zero-order chi connectivity index (χ0) is 18.5. The van der Waals surface area contributed by atoms with Crippen molar-refractivity contribution in [1.82, 2.24) is 0 Å². The van der Waals surface area contributed by atoms with Gasteiger partial charge in [-0.3, -0.25) is 14.9 Å². The van der Waals surface area contributed by atoms with Crippen molar-refractivity contribution < 1.29 is 23.9 Å². The van der Waals surface area contributed by atoms with Gasteiger partial charge in [0, 0.05) is 24.1 Å². The van der Waals surface area contributed by atoms with Crippen molar-refractivity contribution in [2.75, 3.05) is 20.3 Å². The van der Waals surface area contributed by atoms with Crippen LogP contribution in [0.1, 0.15) is 37.7 Å². The van der Waals surface area contributed by atoms with Gasteiger partial charge in [-0.1, -0.05) is 18.9 Å². The van der Waals surface area contributed by atoms with Gasteiger partial charge < -0.3 is 14.2 Å². The number of nitro groups is 1. The molecule has 1 rings (SSSR count). The van der Waals surface area contributed by atoms with E-state index in [2.05, 4.69) is 11.3 Å². The molecule has 1 aromatic carbocycles. The van der Waals surface area contributed by atoms with Gasteiger partial charge >= 0.3 is 5.97 Å². The number of nitro benzene ring substituents is 1. The topological polar surface area (TPSA) is 87.9 Å². The minimum Gasteiger partial charge on any atom is -0.493 e. The summed E-state index contributed by atoms with van der Waals surface area (Å²) in [6, 6.07) is 4.49. The Balaban J connectivity index is 2.43. The number of nitrogens with zero attached hydrogens (tertiary/aromatic N) is 1. The van der Waals surface area contributed by atoms with Crippen LogP contribution in [0.2, 0.25) is 0 Å². The lowest BCUT2D eigenvalue weighted by atomic mass is 10.1.